The maximum absolute atomic E-state index is 6.09. The van der Waals surface area contributed by atoms with Gasteiger partial charge in [-0.15, -0.1) is 0 Å². The van der Waals surface area contributed by atoms with Crippen LogP contribution in [0.1, 0.15) is 156 Å². The van der Waals surface area contributed by atoms with E-state index in [1.54, 1.807) is 14.2 Å². The summed E-state index contributed by atoms with van der Waals surface area (Å²) >= 11 is 0. The first kappa shape index (κ1) is 44.2. The maximum atomic E-state index is 6.09. The summed E-state index contributed by atoms with van der Waals surface area (Å²) in [5, 5.41) is 0. The molecule has 0 aliphatic rings. The number of hydrogen-bond acceptors (Lipinski definition) is 7. The summed E-state index contributed by atoms with van der Waals surface area (Å²) in [6, 6.07) is 0. The number of unbranched alkanes of at least 4 members (excludes halogenated alkanes) is 12. The van der Waals surface area contributed by atoms with E-state index in [0.29, 0.717) is 0 Å². The summed E-state index contributed by atoms with van der Waals surface area (Å²) in [5.41, 5.74) is 0. The minimum Gasteiger partial charge on any atom is -0.353 e. The van der Waals surface area contributed by atoms with Crippen molar-refractivity contribution in [3.05, 3.63) is 24.3 Å². The third-order valence-electron chi connectivity index (χ3n) is 7.66. The molecule has 0 aliphatic heterocycles. The molecule has 0 aromatic heterocycles. The van der Waals surface area contributed by atoms with E-state index in [9.17, 15) is 0 Å². The minimum atomic E-state index is -0.506. The molecule has 45 heavy (non-hydrogen) atoms. The first-order valence-corrected chi connectivity index (χ1v) is 18.7. The lowest BCUT2D eigenvalue weighted by Gasteiger charge is -2.20. The number of methoxy groups -OCH3 is 2. The van der Waals surface area contributed by atoms with Gasteiger partial charge in [0.15, 0.2) is 25.2 Å². The van der Waals surface area contributed by atoms with Gasteiger partial charge >= 0.3 is 0 Å². The largest absolute Gasteiger partial charge is 0.353 e. The molecule has 0 N–H and O–H groups in total. The normalized spacial score (nSPS) is 13.7. The van der Waals surface area contributed by atoms with E-state index in [-0.39, 0.29) is 12.6 Å². The van der Waals surface area contributed by atoms with E-state index in [4.69, 9.17) is 33.2 Å². The fraction of sp³-hybridized carbons (Fsp3) is 0.895. The van der Waals surface area contributed by atoms with Crippen LogP contribution in [0.3, 0.4) is 0 Å². The molecule has 0 rings (SSSR count). The monoisotopic (exact) mass is 643 g/mol. The van der Waals surface area contributed by atoms with Crippen molar-refractivity contribution in [3.63, 3.8) is 0 Å². The van der Waals surface area contributed by atoms with E-state index in [1.807, 2.05) is 12.2 Å². The molecule has 2 unspecified atom stereocenters. The van der Waals surface area contributed by atoms with Crippen LogP contribution in [0.15, 0.2) is 24.3 Å². The average molecular weight is 643 g/mol. The first-order chi connectivity index (χ1) is 22.1. The second kappa shape index (κ2) is 36.0. The molecule has 0 aromatic rings. The predicted molar refractivity (Wildman–Crippen MR) is 187 cm³/mol. The molecule has 0 aliphatic carbocycles. The van der Waals surface area contributed by atoms with E-state index in [2.05, 4.69) is 39.8 Å². The van der Waals surface area contributed by atoms with Gasteiger partial charge in [-0.05, 0) is 50.7 Å². The van der Waals surface area contributed by atoms with Gasteiger partial charge in [-0.3, -0.25) is 0 Å². The zero-order valence-corrected chi connectivity index (χ0v) is 30.4. The quantitative estimate of drug-likeness (QED) is 0.0383. The van der Waals surface area contributed by atoms with Crippen molar-refractivity contribution in [3.8, 4) is 0 Å². The van der Waals surface area contributed by atoms with Crippen molar-refractivity contribution in [1.82, 2.24) is 0 Å². The Balaban J connectivity index is 4.68. The van der Waals surface area contributed by atoms with Gasteiger partial charge in [-0.2, -0.15) is 0 Å². The average Bonchev–Trinajstić information content (AvgIpc) is 3.05. The zero-order chi connectivity index (χ0) is 33.1. The third-order valence-corrected chi connectivity index (χ3v) is 7.66. The molecule has 0 bridgehead atoms. The number of rotatable bonds is 36. The summed E-state index contributed by atoms with van der Waals surface area (Å²) in [6.45, 7) is 11.9. The fourth-order valence-corrected chi connectivity index (χ4v) is 4.77. The van der Waals surface area contributed by atoms with Crippen LogP contribution in [-0.4, -0.2) is 65.8 Å². The van der Waals surface area contributed by atoms with Gasteiger partial charge in [0.1, 0.15) is 0 Å². The van der Waals surface area contributed by atoms with Gasteiger partial charge in [0.2, 0.25) is 0 Å². The molecular formula is C38H74O7. The zero-order valence-electron chi connectivity index (χ0n) is 30.4. The van der Waals surface area contributed by atoms with Crippen molar-refractivity contribution in [2.24, 2.45) is 0 Å². The van der Waals surface area contributed by atoms with Crippen LogP contribution in [0.5, 0.6) is 0 Å². The Hall–Kier alpha value is -0.800. The van der Waals surface area contributed by atoms with Gasteiger partial charge in [0, 0.05) is 53.5 Å². The summed E-state index contributed by atoms with van der Waals surface area (Å²) in [7, 11) is 3.29. The van der Waals surface area contributed by atoms with E-state index >= 15 is 0 Å². The first-order valence-electron chi connectivity index (χ1n) is 18.7. The van der Waals surface area contributed by atoms with E-state index in [0.717, 1.165) is 77.8 Å². The highest BCUT2D eigenvalue weighted by Gasteiger charge is 2.13. The van der Waals surface area contributed by atoms with Crippen molar-refractivity contribution in [2.45, 2.75) is 181 Å². The lowest BCUT2D eigenvalue weighted by atomic mass is 10.2. The van der Waals surface area contributed by atoms with Gasteiger partial charge in [0.25, 0.3) is 0 Å². The summed E-state index contributed by atoms with van der Waals surface area (Å²) in [4.78, 5) is 0. The Morgan fingerprint density at radius 2 is 0.733 bits per heavy atom. The van der Waals surface area contributed by atoms with Gasteiger partial charge in [-0.25, -0.2) is 0 Å². The lowest BCUT2D eigenvalue weighted by molar-refractivity contribution is -0.189. The van der Waals surface area contributed by atoms with Crippen LogP contribution < -0.4 is 0 Å². The van der Waals surface area contributed by atoms with E-state index in [1.165, 1.54) is 77.0 Å². The molecule has 0 amide bonds. The molecule has 0 saturated carbocycles. The SMILES string of the molecule is CCCCCCOC(CCC=CC(OC)OC(C=CCCC(OCCCCCC)OCCCCCC)OC)OCCCCCC. The molecular weight excluding hydrogens is 568 g/mol. The highest BCUT2D eigenvalue weighted by Crippen LogP contribution is 2.13. The molecule has 7 nitrogen and oxygen atoms in total. The molecule has 7 heteroatoms. The third kappa shape index (κ3) is 30.3. The Labute approximate surface area is 279 Å². The molecule has 2 atom stereocenters. The van der Waals surface area contributed by atoms with Crippen LogP contribution in [0.25, 0.3) is 0 Å². The van der Waals surface area contributed by atoms with Gasteiger partial charge < -0.3 is 33.2 Å². The van der Waals surface area contributed by atoms with Crippen LogP contribution in [-0.2, 0) is 33.2 Å². The van der Waals surface area contributed by atoms with Crippen molar-refractivity contribution in [2.75, 3.05) is 40.6 Å². The molecule has 0 heterocycles. The second-order valence-corrected chi connectivity index (χ2v) is 11.9. The summed E-state index contributed by atoms with van der Waals surface area (Å²) < 4.78 is 41.5. The molecule has 268 valence electrons. The Morgan fingerprint density at radius 3 is 1.00 bits per heavy atom. The van der Waals surface area contributed by atoms with Crippen LogP contribution >= 0.6 is 0 Å². The standard InChI is InChI=1S/C38H74O7/c1-7-11-15-23-31-41-37(42-32-24-16-12-8-2)29-21-19-27-35(39-5)45-36(40-6)28-20-22-30-38(43-33-25-17-13-9-3)44-34-26-18-14-10-4/h19-20,27-28,35-38H,7-18,21-26,29-34H2,1-6H3. The lowest BCUT2D eigenvalue weighted by Crippen LogP contribution is -2.22. The Morgan fingerprint density at radius 1 is 0.422 bits per heavy atom. The van der Waals surface area contributed by atoms with Crippen molar-refractivity contribution in [1.29, 1.82) is 0 Å². The summed E-state index contributed by atoms with van der Waals surface area (Å²) in [6.07, 6.45) is 29.1. The topological polar surface area (TPSA) is 64.6 Å². The van der Waals surface area contributed by atoms with Crippen LogP contribution in [0, 0.1) is 0 Å². The van der Waals surface area contributed by atoms with E-state index < -0.39 is 12.6 Å². The van der Waals surface area contributed by atoms with Gasteiger partial charge in [0.05, 0.1) is 0 Å². The number of hydrogen-bond donors (Lipinski definition) is 0. The van der Waals surface area contributed by atoms with Crippen LogP contribution in [0.4, 0.5) is 0 Å². The van der Waals surface area contributed by atoms with Crippen LogP contribution in [0.2, 0.25) is 0 Å². The molecule has 0 spiro atoms. The number of allylic oxidation sites excluding steroid dienone is 2. The molecule has 0 fully saturated rings. The Bertz CT molecular complexity index is 547. The minimum absolute atomic E-state index is 0.168. The summed E-state index contributed by atoms with van der Waals surface area (Å²) in [5.74, 6) is 0. The molecule has 0 saturated heterocycles. The highest BCUT2D eigenvalue weighted by atomic mass is 16.8. The smallest absolute Gasteiger partial charge is 0.179 e. The van der Waals surface area contributed by atoms with Crippen molar-refractivity contribution >= 4 is 0 Å². The second-order valence-electron chi connectivity index (χ2n) is 11.9. The van der Waals surface area contributed by atoms with Crippen molar-refractivity contribution < 1.29 is 33.2 Å². The van der Waals surface area contributed by atoms with Gasteiger partial charge in [-0.1, -0.05) is 117 Å². The molecule has 0 radical (unpaired) electrons. The number of ether oxygens (including phenoxy) is 7. The predicted octanol–water partition coefficient (Wildman–Crippen LogP) is 10.7. The highest BCUT2D eigenvalue weighted by molar-refractivity contribution is 4.89. The Kier molecular flexibility index (Phi) is 35.4. The maximum Gasteiger partial charge on any atom is 0.179 e. The molecule has 0 aromatic carbocycles. The fourth-order valence-electron chi connectivity index (χ4n) is 4.77.